The fourth-order valence-corrected chi connectivity index (χ4v) is 10.2. The van der Waals surface area contributed by atoms with Gasteiger partial charge in [-0.1, -0.05) is 181 Å². The molecule has 19 N–H and O–H groups in total. The Balaban J connectivity index is 0.00000102. The summed E-state index contributed by atoms with van der Waals surface area (Å²) in [6.45, 7) is 14.7. The number of aliphatic hydroxyl groups is 15. The third kappa shape index (κ3) is 43.7. The van der Waals surface area contributed by atoms with Crippen LogP contribution >= 0.6 is 0 Å². The highest BCUT2D eigenvalue weighted by Crippen LogP contribution is 2.25. The van der Waals surface area contributed by atoms with E-state index in [1.54, 1.807) is 63.3 Å². The molecule has 24 heteroatoms. The van der Waals surface area contributed by atoms with E-state index >= 15 is 0 Å². The number of allylic oxidation sites excluding steroid dienone is 18. The van der Waals surface area contributed by atoms with E-state index in [0.29, 0.717) is 25.8 Å². The van der Waals surface area contributed by atoms with Crippen LogP contribution in [0, 0.1) is 23.7 Å². The number of Topliss-reactive ketones (excluding diaryl/α,β-unsaturated/α-hetero) is 2. The molecule has 2 amide bonds. The van der Waals surface area contributed by atoms with E-state index in [-0.39, 0.29) is 129 Å². The molecule has 572 valence electrons. The molecule has 0 aromatic rings. The first-order chi connectivity index (χ1) is 47.7. The maximum Gasteiger partial charge on any atom is 0.248 e. The van der Waals surface area contributed by atoms with Gasteiger partial charge in [-0.3, -0.25) is 19.2 Å². The molecular weight excluding hydrogens is 1300 g/mol. The van der Waals surface area contributed by atoms with Gasteiger partial charge >= 0.3 is 0 Å². The molecule has 20 unspecified atom stereocenters. The molecule has 20 atom stereocenters. The smallest absolute Gasteiger partial charge is 0.248 e. The molecule has 24 nitrogen and oxygen atoms in total. The lowest BCUT2D eigenvalue weighted by Gasteiger charge is -2.39. The van der Waals surface area contributed by atoms with Gasteiger partial charge in [0.2, 0.25) is 11.8 Å². The number of hydrogen-bond acceptors (Lipinski definition) is 22. The first kappa shape index (κ1) is 93.0. The molecule has 2 rings (SSSR count). The normalized spacial score (nSPS) is 22.9. The van der Waals surface area contributed by atoms with Gasteiger partial charge in [-0.2, -0.15) is 0 Å². The summed E-state index contributed by atoms with van der Waals surface area (Å²) < 4.78 is 11.1. The molecule has 2 aliphatic rings. The van der Waals surface area contributed by atoms with E-state index in [1.165, 1.54) is 24.3 Å². The van der Waals surface area contributed by atoms with Crippen molar-refractivity contribution < 1.29 is 105 Å². The van der Waals surface area contributed by atoms with Crippen molar-refractivity contribution in [1.82, 2.24) is 10.6 Å². The molecule has 0 aromatic heterocycles. The number of carbonyl (C=O) groups excluding carboxylic acids is 4. The van der Waals surface area contributed by atoms with Crippen LogP contribution < -0.4 is 16.4 Å². The molecule has 0 spiro atoms. The third-order valence-corrected chi connectivity index (χ3v) is 16.6. The van der Waals surface area contributed by atoms with Crippen LogP contribution in [0.4, 0.5) is 0 Å². The van der Waals surface area contributed by atoms with Crippen LogP contribution in [0.2, 0.25) is 0 Å². The van der Waals surface area contributed by atoms with Crippen molar-refractivity contribution in [3.05, 3.63) is 157 Å². The molecule has 1 aliphatic heterocycles. The molecule has 1 heterocycles. The Bertz CT molecular complexity index is 2750. The second kappa shape index (κ2) is 53.8. The summed E-state index contributed by atoms with van der Waals surface area (Å²) in [4.78, 5) is 47.0. The van der Waals surface area contributed by atoms with E-state index in [9.17, 15) is 95.8 Å². The van der Waals surface area contributed by atoms with Gasteiger partial charge in [-0.25, -0.2) is 0 Å². The van der Waals surface area contributed by atoms with Gasteiger partial charge in [0, 0.05) is 62.5 Å². The van der Waals surface area contributed by atoms with Gasteiger partial charge < -0.3 is 102 Å². The van der Waals surface area contributed by atoms with Gasteiger partial charge in [0.05, 0.1) is 85.4 Å². The Hall–Kier alpha value is -5.98. The number of rotatable bonds is 48. The van der Waals surface area contributed by atoms with Crippen molar-refractivity contribution >= 4 is 23.4 Å². The first-order valence-corrected chi connectivity index (χ1v) is 35.4. The number of ether oxygens (including phenoxy) is 2. The first-order valence-electron chi connectivity index (χ1n) is 35.4. The lowest BCUT2D eigenvalue weighted by Crippen LogP contribution is -2.57. The van der Waals surface area contributed by atoms with Crippen LogP contribution in [-0.2, 0) is 28.7 Å². The monoisotopic (exact) mass is 1430 g/mol. The summed E-state index contributed by atoms with van der Waals surface area (Å²) in [7, 11) is 0. The largest absolute Gasteiger partial charge is 0.510 e. The van der Waals surface area contributed by atoms with Gasteiger partial charge in [0.25, 0.3) is 0 Å². The number of hydrogen-bond donors (Lipinski definition) is 18. The van der Waals surface area contributed by atoms with Crippen molar-refractivity contribution in [3.63, 3.8) is 0 Å². The lowest BCUT2D eigenvalue weighted by atomic mass is 9.88. The average molecular weight is 1430 g/mol. The van der Waals surface area contributed by atoms with Crippen LogP contribution in [0.3, 0.4) is 0 Å². The Kier molecular flexibility index (Phi) is 49.5. The minimum atomic E-state index is -1.32. The Morgan fingerprint density at radius 2 is 1.07 bits per heavy atom. The summed E-state index contributed by atoms with van der Waals surface area (Å²) in [6, 6.07) is -0.583. The maximum atomic E-state index is 11.8. The average Bonchev–Trinajstić information content (AvgIpc) is 1.37. The van der Waals surface area contributed by atoms with E-state index in [4.69, 9.17) is 15.2 Å². The Morgan fingerprint density at radius 3 is 1.62 bits per heavy atom. The number of unbranched alkanes of at least 4 members (excludes halogenated alkanes) is 1. The molecule has 0 aromatic carbocycles. The zero-order chi connectivity index (χ0) is 76.0. The zero-order valence-electron chi connectivity index (χ0n) is 60.3. The maximum absolute atomic E-state index is 11.8. The predicted octanol–water partition coefficient (Wildman–Crippen LogP) is 5.16. The van der Waals surface area contributed by atoms with Crippen molar-refractivity contribution in [1.29, 1.82) is 0 Å². The molecule has 101 heavy (non-hydrogen) atoms. The predicted molar refractivity (Wildman–Crippen MR) is 389 cm³/mol. The highest BCUT2D eigenvalue weighted by molar-refractivity contribution is 6.03. The minimum Gasteiger partial charge on any atom is -0.510 e. The minimum absolute atomic E-state index is 0.0185. The van der Waals surface area contributed by atoms with E-state index in [1.807, 2.05) is 114 Å². The Morgan fingerprint density at radius 1 is 0.564 bits per heavy atom. The number of ketones is 2. The molecular formula is C77H123N3O21. The van der Waals surface area contributed by atoms with Gasteiger partial charge in [-0.05, 0) is 90.4 Å². The topological polar surface area (TPSA) is 440 Å². The molecule has 0 bridgehead atoms. The third-order valence-electron chi connectivity index (χ3n) is 16.6. The molecule has 1 fully saturated rings. The van der Waals surface area contributed by atoms with Crippen LogP contribution in [0.25, 0.3) is 0 Å². The van der Waals surface area contributed by atoms with Gasteiger partial charge in [0.15, 0.2) is 12.1 Å². The quantitative estimate of drug-likeness (QED) is 0.0162. The van der Waals surface area contributed by atoms with Crippen LogP contribution in [0.15, 0.2) is 157 Å². The fraction of sp³-hybridized carbons (Fsp3) is 0.610. The second-order valence-corrected chi connectivity index (χ2v) is 26.8. The van der Waals surface area contributed by atoms with Crippen molar-refractivity contribution in [2.45, 2.75) is 268 Å². The summed E-state index contributed by atoms with van der Waals surface area (Å²) >= 11 is 0. The number of amides is 2. The van der Waals surface area contributed by atoms with E-state index < -0.39 is 110 Å². The molecule has 0 radical (unpaired) electrons. The summed E-state index contributed by atoms with van der Waals surface area (Å²) in [5, 5.41) is 157. The van der Waals surface area contributed by atoms with Crippen molar-refractivity contribution in [2.24, 2.45) is 29.4 Å². The summed E-state index contributed by atoms with van der Waals surface area (Å²) in [5.74, 6) is -1.85. The van der Waals surface area contributed by atoms with E-state index in [0.717, 1.165) is 12.8 Å². The van der Waals surface area contributed by atoms with Gasteiger partial charge in [0.1, 0.15) is 35.6 Å². The standard InChI is InChI=1S/C43H59NO10.C34H64N2O11/c1-30(24-20-16-12-8-5-6-11-15-19-23-27-37(48)44-38-35(46)28-29-36(38)47)39(49)32(3)34(45)26-22-18-14-10-7-9-13-17-21-25-31(2)53-43-42(52)41(51)40(50)33(4)54-43;1-21(2)32(46)20-31(45)19-30(44)17-26(40)11-6-10-25(39)16-29(43)18-28(42)15-24(38)9-5-8-23(37)14-27(41)12-7-13-36-34(47)33(35)22(3)4/h5-11,13-15,17-24,26-27,30-34,39-43,45-46,49-52H,12,16,25,28-29H2,1-4H3,(H,44,48);5-6,9,11,21-31,33,37-45H,7-8,10,12-20,35H2,1-4H3,(H,36,47)/b8-5+,10-7+,11-6+,13-9+,18-14+,19-15+,21-17+,24-20+,26-22+,27-23+;9-5+,11-6+. The zero-order valence-corrected chi connectivity index (χ0v) is 60.3. The van der Waals surface area contributed by atoms with Crippen molar-refractivity contribution in [3.8, 4) is 0 Å². The second-order valence-electron chi connectivity index (χ2n) is 26.8. The van der Waals surface area contributed by atoms with Crippen LogP contribution in [0.5, 0.6) is 0 Å². The number of aliphatic hydroxyl groups excluding tert-OH is 15. The fourth-order valence-electron chi connectivity index (χ4n) is 10.2. The van der Waals surface area contributed by atoms with Crippen LogP contribution in [-0.4, -0.2) is 217 Å². The van der Waals surface area contributed by atoms with Crippen molar-refractivity contribution in [2.75, 3.05) is 6.54 Å². The highest BCUT2D eigenvalue weighted by Gasteiger charge is 2.43. The number of nitrogens with one attached hydrogen (secondary N) is 2. The molecule has 0 saturated carbocycles. The SMILES string of the molecule is CC(C)C(=O)CC(O)CC(O)CC(O)/C=C/CC(O)CC(O)CC(O)CC(O)/C=C/CC(O)CC(O)CCCNC(=O)C(N)C(C)C.CC(C/C=C/C=C/C=C/C=C/C=C/C(O)C(C)C(O)C(C)/C=C/CC/C=C/C=C/C=C/C=C/C(=O)NC1=C(O)CCC1=O)OC1OC(C)C(O)C(O)C1O. The van der Waals surface area contributed by atoms with Crippen LogP contribution in [0.1, 0.15) is 158 Å². The molecule has 1 saturated heterocycles. The Labute approximate surface area is 598 Å². The van der Waals surface area contributed by atoms with E-state index in [2.05, 4.69) is 10.6 Å². The highest BCUT2D eigenvalue weighted by atomic mass is 16.7. The lowest BCUT2D eigenvalue weighted by molar-refractivity contribution is -0.302. The molecule has 1 aliphatic carbocycles. The summed E-state index contributed by atoms with van der Waals surface area (Å²) in [6.07, 6.45) is 29.7. The number of nitrogens with two attached hydrogens (primary N) is 1. The number of carbonyl (C=O) groups is 4. The van der Waals surface area contributed by atoms with Gasteiger partial charge in [-0.15, -0.1) is 0 Å². The summed E-state index contributed by atoms with van der Waals surface area (Å²) in [5.41, 5.74) is 5.76.